The number of amides is 1. The van der Waals surface area contributed by atoms with Crippen LogP contribution in [0.2, 0.25) is 0 Å². The highest BCUT2D eigenvalue weighted by Gasteiger charge is 2.30. The van der Waals surface area contributed by atoms with Crippen molar-refractivity contribution in [3.05, 3.63) is 23.8 Å². The van der Waals surface area contributed by atoms with E-state index in [9.17, 15) is 4.79 Å². The monoisotopic (exact) mass is 287 g/mol. The molecule has 114 valence electrons. The highest BCUT2D eigenvalue weighted by molar-refractivity contribution is 6.03. The molecule has 0 spiro atoms. The summed E-state index contributed by atoms with van der Waals surface area (Å²) < 4.78 is 0. The number of rotatable bonds is 3. The van der Waals surface area contributed by atoms with Gasteiger partial charge in [-0.3, -0.25) is 4.79 Å². The molecule has 2 aliphatic rings. The first-order chi connectivity index (χ1) is 10.1. The molecule has 1 saturated heterocycles. The Morgan fingerprint density at radius 3 is 2.62 bits per heavy atom. The Hall–Kier alpha value is -1.55. The number of fused-ring (bicyclic) bond motifs is 1. The summed E-state index contributed by atoms with van der Waals surface area (Å²) in [5.41, 5.74) is 3.25. The van der Waals surface area contributed by atoms with Gasteiger partial charge in [-0.25, -0.2) is 0 Å². The van der Waals surface area contributed by atoms with Crippen molar-refractivity contribution in [1.29, 1.82) is 0 Å². The normalized spacial score (nSPS) is 22.6. The van der Waals surface area contributed by atoms with Crippen molar-refractivity contribution in [3.63, 3.8) is 0 Å². The van der Waals surface area contributed by atoms with Crippen LogP contribution in [0.4, 0.5) is 11.4 Å². The van der Waals surface area contributed by atoms with Crippen molar-refractivity contribution in [2.24, 2.45) is 11.8 Å². The maximum atomic E-state index is 11.9. The second-order valence-electron chi connectivity index (χ2n) is 6.55. The molecule has 0 aliphatic carbocycles. The second-order valence-corrected chi connectivity index (χ2v) is 6.55. The fourth-order valence-electron chi connectivity index (χ4n) is 3.56. The first kappa shape index (κ1) is 14.4. The third kappa shape index (κ3) is 2.64. The Kier molecular flexibility index (Phi) is 3.89. The van der Waals surface area contributed by atoms with Crippen LogP contribution in [0.5, 0.6) is 0 Å². The van der Waals surface area contributed by atoms with E-state index in [2.05, 4.69) is 47.6 Å². The molecule has 1 amide bonds. The first-order valence-corrected chi connectivity index (χ1v) is 7.97. The molecule has 1 aromatic carbocycles. The number of hydrogen-bond donors (Lipinski definition) is 2. The van der Waals surface area contributed by atoms with E-state index in [0.717, 1.165) is 36.2 Å². The third-order valence-corrected chi connectivity index (χ3v) is 5.00. The molecule has 0 aromatic heterocycles. The van der Waals surface area contributed by atoms with Crippen LogP contribution in [0.25, 0.3) is 0 Å². The molecule has 1 aromatic rings. The maximum Gasteiger partial charge on any atom is 0.246 e. The van der Waals surface area contributed by atoms with Crippen LogP contribution in [-0.2, 0) is 4.79 Å². The Labute approximate surface area is 126 Å². The molecule has 4 heteroatoms. The van der Waals surface area contributed by atoms with Crippen LogP contribution in [0.1, 0.15) is 38.3 Å². The van der Waals surface area contributed by atoms with E-state index in [-0.39, 0.29) is 11.9 Å². The number of nitrogens with zero attached hydrogens (tertiary/aromatic N) is 1. The molecule has 4 nitrogen and oxygen atoms in total. The van der Waals surface area contributed by atoms with Crippen LogP contribution in [0.15, 0.2) is 18.2 Å². The summed E-state index contributed by atoms with van der Waals surface area (Å²) in [4.78, 5) is 14.3. The van der Waals surface area contributed by atoms with Gasteiger partial charge in [-0.2, -0.15) is 0 Å². The molecule has 1 fully saturated rings. The predicted octanol–water partition coefficient (Wildman–Crippen LogP) is 2.77. The molecular weight excluding hydrogens is 262 g/mol. The SMILES string of the molecule is CNC1C(=O)Nc2cc(N3CCC(C(C)C)CC3)ccc21. The smallest absolute Gasteiger partial charge is 0.246 e. The minimum atomic E-state index is -0.208. The van der Waals surface area contributed by atoms with Gasteiger partial charge < -0.3 is 15.5 Å². The molecule has 1 unspecified atom stereocenters. The van der Waals surface area contributed by atoms with E-state index >= 15 is 0 Å². The number of nitrogens with one attached hydrogen (secondary N) is 2. The van der Waals surface area contributed by atoms with Crippen molar-refractivity contribution < 1.29 is 4.79 Å². The standard InChI is InChI=1S/C17H25N3O/c1-11(2)12-6-8-20(9-7-12)13-4-5-14-15(10-13)19-17(21)16(14)18-3/h4-5,10-12,16,18H,6-9H2,1-3H3,(H,19,21). The number of carbonyl (C=O) groups is 1. The number of anilines is 2. The van der Waals surface area contributed by atoms with E-state index < -0.39 is 0 Å². The lowest BCUT2D eigenvalue weighted by Crippen LogP contribution is -2.35. The fraction of sp³-hybridized carbons (Fsp3) is 0.588. The van der Waals surface area contributed by atoms with Crippen LogP contribution in [0, 0.1) is 11.8 Å². The zero-order chi connectivity index (χ0) is 15.0. The summed E-state index contributed by atoms with van der Waals surface area (Å²) in [7, 11) is 1.82. The minimum absolute atomic E-state index is 0.0446. The molecule has 3 rings (SSSR count). The summed E-state index contributed by atoms with van der Waals surface area (Å²) in [6.07, 6.45) is 2.53. The Morgan fingerprint density at radius 1 is 1.29 bits per heavy atom. The second kappa shape index (κ2) is 5.68. The van der Waals surface area contributed by atoms with Crippen molar-refractivity contribution in [3.8, 4) is 0 Å². The van der Waals surface area contributed by atoms with Gasteiger partial charge in [-0.05, 0) is 43.9 Å². The van der Waals surface area contributed by atoms with E-state index in [1.54, 1.807) is 0 Å². The van der Waals surface area contributed by atoms with Crippen LogP contribution < -0.4 is 15.5 Å². The fourth-order valence-corrected chi connectivity index (χ4v) is 3.56. The summed E-state index contributed by atoms with van der Waals surface area (Å²) >= 11 is 0. The van der Waals surface area contributed by atoms with Crippen molar-refractivity contribution in [1.82, 2.24) is 5.32 Å². The van der Waals surface area contributed by atoms with E-state index in [1.807, 2.05) is 7.05 Å². The summed E-state index contributed by atoms with van der Waals surface area (Å²) in [6, 6.07) is 6.15. The van der Waals surface area contributed by atoms with Gasteiger partial charge in [0.15, 0.2) is 0 Å². The predicted molar refractivity (Wildman–Crippen MR) is 86.6 cm³/mol. The number of carbonyl (C=O) groups excluding carboxylic acids is 1. The summed E-state index contributed by atoms with van der Waals surface area (Å²) in [6.45, 7) is 6.88. The topological polar surface area (TPSA) is 44.4 Å². The van der Waals surface area contributed by atoms with Gasteiger partial charge in [0.2, 0.25) is 5.91 Å². The van der Waals surface area contributed by atoms with E-state index in [4.69, 9.17) is 0 Å². The molecule has 2 heterocycles. The number of benzene rings is 1. The molecule has 2 aliphatic heterocycles. The lowest BCUT2D eigenvalue weighted by molar-refractivity contribution is -0.117. The summed E-state index contributed by atoms with van der Waals surface area (Å²) in [5.74, 6) is 1.68. The van der Waals surface area contributed by atoms with Gasteiger partial charge in [-0.1, -0.05) is 19.9 Å². The zero-order valence-electron chi connectivity index (χ0n) is 13.1. The molecule has 21 heavy (non-hydrogen) atoms. The van der Waals surface area contributed by atoms with Gasteiger partial charge in [0, 0.05) is 30.0 Å². The third-order valence-electron chi connectivity index (χ3n) is 5.00. The number of piperidine rings is 1. The molecule has 0 radical (unpaired) electrons. The van der Waals surface area contributed by atoms with E-state index in [0.29, 0.717) is 0 Å². The number of likely N-dealkylation sites (N-methyl/N-ethyl adjacent to an activating group) is 1. The van der Waals surface area contributed by atoms with Crippen molar-refractivity contribution in [2.45, 2.75) is 32.7 Å². The molecule has 2 N–H and O–H groups in total. The van der Waals surface area contributed by atoms with Gasteiger partial charge >= 0.3 is 0 Å². The minimum Gasteiger partial charge on any atom is -0.371 e. The molecule has 1 atom stereocenters. The van der Waals surface area contributed by atoms with E-state index in [1.165, 1.54) is 18.5 Å². The van der Waals surface area contributed by atoms with Crippen molar-refractivity contribution >= 4 is 17.3 Å². The maximum absolute atomic E-state index is 11.9. The van der Waals surface area contributed by atoms with Gasteiger partial charge in [0.05, 0.1) is 0 Å². The van der Waals surface area contributed by atoms with Gasteiger partial charge in [0.1, 0.15) is 6.04 Å². The highest BCUT2D eigenvalue weighted by Crippen LogP contribution is 2.35. The lowest BCUT2D eigenvalue weighted by Gasteiger charge is -2.35. The zero-order valence-corrected chi connectivity index (χ0v) is 13.1. The Bertz CT molecular complexity index is 533. The Balaban J connectivity index is 1.74. The summed E-state index contributed by atoms with van der Waals surface area (Å²) in [5, 5.41) is 6.04. The van der Waals surface area contributed by atoms with Gasteiger partial charge in [0.25, 0.3) is 0 Å². The quantitative estimate of drug-likeness (QED) is 0.898. The first-order valence-electron chi connectivity index (χ1n) is 7.97. The van der Waals surface area contributed by atoms with Crippen LogP contribution >= 0.6 is 0 Å². The van der Waals surface area contributed by atoms with Crippen molar-refractivity contribution in [2.75, 3.05) is 30.4 Å². The number of hydrogen-bond acceptors (Lipinski definition) is 3. The largest absolute Gasteiger partial charge is 0.371 e. The van der Waals surface area contributed by atoms with Crippen LogP contribution in [-0.4, -0.2) is 26.0 Å². The highest BCUT2D eigenvalue weighted by atomic mass is 16.2. The lowest BCUT2D eigenvalue weighted by atomic mass is 9.86. The molecule has 0 saturated carbocycles. The molecular formula is C17H25N3O. The van der Waals surface area contributed by atoms with Gasteiger partial charge in [-0.15, -0.1) is 0 Å². The Morgan fingerprint density at radius 2 is 2.00 bits per heavy atom. The van der Waals surface area contributed by atoms with Crippen LogP contribution in [0.3, 0.4) is 0 Å². The average molecular weight is 287 g/mol. The average Bonchev–Trinajstić information content (AvgIpc) is 2.81. The molecule has 0 bridgehead atoms.